The molecule has 0 spiro atoms. The van der Waals surface area contributed by atoms with Crippen LogP contribution in [-0.2, 0) is 0 Å². The summed E-state index contributed by atoms with van der Waals surface area (Å²) in [5.41, 5.74) is 0.917. The van der Waals surface area contributed by atoms with Crippen LogP contribution in [0.2, 0.25) is 5.54 Å². The van der Waals surface area contributed by atoms with Crippen LogP contribution in [0.4, 0.5) is 0 Å². The van der Waals surface area contributed by atoms with Gasteiger partial charge in [0.15, 0.2) is 0 Å². The van der Waals surface area contributed by atoms with Gasteiger partial charge in [-0.05, 0) is 53.5 Å². The summed E-state index contributed by atoms with van der Waals surface area (Å²) in [6, 6.07) is 0. The normalized spacial score (nSPS) is 15.1. The van der Waals surface area contributed by atoms with Crippen LogP contribution in [0, 0.1) is 0 Å². The minimum atomic E-state index is 0.172. The maximum absolute atomic E-state index is 3.86. The number of hydrogen-bond acceptors (Lipinski definition) is 2. The van der Waals surface area contributed by atoms with Crippen LogP contribution in [0.1, 0.15) is 19.8 Å². The van der Waals surface area contributed by atoms with Crippen molar-refractivity contribution >= 4 is 10.2 Å². The molecule has 2 nitrogen and oxygen atoms in total. The molecule has 0 saturated heterocycles. The summed E-state index contributed by atoms with van der Waals surface area (Å²) in [5.74, 6) is 0. The lowest BCUT2D eigenvalue weighted by molar-refractivity contribution is 0.0119. The third-order valence-corrected chi connectivity index (χ3v) is 4.45. The fourth-order valence-electron chi connectivity index (χ4n) is 1.47. The van der Waals surface area contributed by atoms with E-state index in [1.54, 1.807) is 0 Å². The molecule has 0 radical (unpaired) electrons. The molecule has 1 atom stereocenters. The SMILES string of the molecule is C=CC([SiH3])CCC(C)(N(C)C)N(C)C. The predicted octanol–water partition coefficient (Wildman–Crippen LogP) is 0.946. The van der Waals surface area contributed by atoms with Gasteiger partial charge in [0, 0.05) is 10.2 Å². The predicted molar refractivity (Wildman–Crippen MR) is 68.9 cm³/mol. The molecule has 1 unspecified atom stereocenters. The fraction of sp³-hybridized carbons (Fsp3) is 0.818. The van der Waals surface area contributed by atoms with Gasteiger partial charge in [-0.15, -0.1) is 6.58 Å². The average molecular weight is 214 g/mol. The van der Waals surface area contributed by atoms with Gasteiger partial charge in [-0.3, -0.25) is 9.80 Å². The molecule has 0 N–H and O–H groups in total. The molecule has 0 aliphatic carbocycles. The Bertz CT molecular complexity index is 170. The van der Waals surface area contributed by atoms with Crippen molar-refractivity contribution in [1.82, 2.24) is 9.80 Å². The van der Waals surface area contributed by atoms with E-state index in [-0.39, 0.29) is 5.66 Å². The molecular formula is C11H26N2Si. The lowest BCUT2D eigenvalue weighted by atomic mass is 10.0. The number of rotatable bonds is 6. The van der Waals surface area contributed by atoms with Crippen molar-refractivity contribution in [3.63, 3.8) is 0 Å². The average Bonchev–Trinajstić information content (AvgIpc) is 2.12. The van der Waals surface area contributed by atoms with Crippen molar-refractivity contribution in [2.45, 2.75) is 31.0 Å². The van der Waals surface area contributed by atoms with Crippen molar-refractivity contribution < 1.29 is 0 Å². The lowest BCUT2D eigenvalue weighted by Crippen LogP contribution is -2.52. The van der Waals surface area contributed by atoms with Crippen LogP contribution < -0.4 is 0 Å². The molecular weight excluding hydrogens is 188 g/mol. The Hall–Kier alpha value is -0.123. The summed E-state index contributed by atoms with van der Waals surface area (Å²) in [7, 11) is 9.82. The number of allylic oxidation sites excluding steroid dienone is 1. The van der Waals surface area contributed by atoms with Crippen LogP contribution in [0.15, 0.2) is 12.7 Å². The summed E-state index contributed by atoms with van der Waals surface area (Å²) in [6.45, 7) is 6.15. The van der Waals surface area contributed by atoms with E-state index >= 15 is 0 Å². The number of nitrogens with zero attached hydrogens (tertiary/aromatic N) is 2. The standard InChI is InChI=1S/C11H26N2Si/c1-7-10(14)8-9-11(2,12(3)4)13(5)6/h7,10H,1,8-9H2,2-6,14H3. The first-order chi connectivity index (χ1) is 6.34. The van der Waals surface area contributed by atoms with Gasteiger partial charge in [0.25, 0.3) is 0 Å². The molecule has 0 aliphatic rings. The van der Waals surface area contributed by atoms with E-state index in [9.17, 15) is 0 Å². The molecule has 14 heavy (non-hydrogen) atoms. The highest BCUT2D eigenvalue weighted by atomic mass is 28.1. The van der Waals surface area contributed by atoms with Crippen LogP contribution in [0.25, 0.3) is 0 Å². The molecule has 0 aromatic heterocycles. The molecule has 3 heteroatoms. The van der Waals surface area contributed by atoms with Crippen molar-refractivity contribution in [2.75, 3.05) is 28.2 Å². The molecule has 0 heterocycles. The first kappa shape index (κ1) is 13.9. The first-order valence-corrected chi connectivity index (χ1v) is 6.47. The van der Waals surface area contributed by atoms with E-state index < -0.39 is 0 Å². The van der Waals surface area contributed by atoms with Crippen LogP contribution >= 0.6 is 0 Å². The summed E-state index contributed by atoms with van der Waals surface area (Å²) in [4.78, 5) is 4.59. The highest BCUT2D eigenvalue weighted by Crippen LogP contribution is 2.24. The van der Waals surface area contributed by atoms with Crippen LogP contribution in [-0.4, -0.2) is 53.9 Å². The molecule has 0 aliphatic heterocycles. The van der Waals surface area contributed by atoms with Gasteiger partial charge in [-0.1, -0.05) is 6.08 Å². The van der Waals surface area contributed by atoms with E-state index in [0.29, 0.717) is 0 Å². The maximum atomic E-state index is 3.86. The number of hydrogen-bond donors (Lipinski definition) is 0. The summed E-state index contributed by atoms with van der Waals surface area (Å²) in [6.07, 6.45) is 4.55. The lowest BCUT2D eigenvalue weighted by Gasteiger charge is -2.43. The van der Waals surface area contributed by atoms with Gasteiger partial charge in [-0.2, -0.15) is 0 Å². The highest BCUT2D eigenvalue weighted by Gasteiger charge is 2.28. The molecule has 0 rings (SSSR count). The summed E-state index contributed by atoms with van der Waals surface area (Å²) < 4.78 is 0. The Labute approximate surface area is 92.4 Å². The van der Waals surface area contributed by atoms with Crippen LogP contribution in [0.3, 0.4) is 0 Å². The summed E-state index contributed by atoms with van der Waals surface area (Å²) >= 11 is 0. The zero-order valence-electron chi connectivity index (χ0n) is 10.7. The van der Waals surface area contributed by atoms with Gasteiger partial charge < -0.3 is 0 Å². The zero-order valence-corrected chi connectivity index (χ0v) is 12.7. The van der Waals surface area contributed by atoms with Crippen molar-refractivity contribution in [1.29, 1.82) is 0 Å². The van der Waals surface area contributed by atoms with Gasteiger partial charge in [0.2, 0.25) is 0 Å². The van der Waals surface area contributed by atoms with E-state index in [0.717, 1.165) is 5.54 Å². The summed E-state index contributed by atoms with van der Waals surface area (Å²) in [5, 5.41) is 0. The van der Waals surface area contributed by atoms with E-state index in [2.05, 4.69) is 57.6 Å². The largest absolute Gasteiger partial charge is 0.292 e. The topological polar surface area (TPSA) is 6.48 Å². The van der Waals surface area contributed by atoms with Gasteiger partial charge in [-0.25, -0.2) is 0 Å². The Kier molecular flexibility index (Phi) is 5.63. The molecule has 0 amide bonds. The van der Waals surface area contributed by atoms with Crippen molar-refractivity contribution in [3.8, 4) is 0 Å². The van der Waals surface area contributed by atoms with Crippen LogP contribution in [0.5, 0.6) is 0 Å². The Morgan fingerprint density at radius 3 is 2.00 bits per heavy atom. The van der Waals surface area contributed by atoms with Gasteiger partial charge in [0.05, 0.1) is 5.66 Å². The second-order valence-electron chi connectivity index (χ2n) is 4.76. The molecule has 0 saturated carbocycles. The highest BCUT2D eigenvalue weighted by molar-refractivity contribution is 6.12. The second-order valence-corrected chi connectivity index (χ2v) is 6.24. The molecule has 0 aromatic rings. The fourth-order valence-corrected chi connectivity index (χ4v) is 1.75. The maximum Gasteiger partial charge on any atom is 0.0698 e. The van der Waals surface area contributed by atoms with E-state index in [1.165, 1.54) is 23.1 Å². The van der Waals surface area contributed by atoms with Gasteiger partial charge >= 0.3 is 0 Å². The quantitative estimate of drug-likeness (QED) is 0.369. The van der Waals surface area contributed by atoms with Crippen molar-refractivity contribution in [3.05, 3.63) is 12.7 Å². The third-order valence-electron chi connectivity index (χ3n) is 3.40. The van der Waals surface area contributed by atoms with Gasteiger partial charge in [0.1, 0.15) is 0 Å². The van der Waals surface area contributed by atoms with E-state index in [1.807, 2.05) is 0 Å². The smallest absolute Gasteiger partial charge is 0.0698 e. The Morgan fingerprint density at radius 2 is 1.71 bits per heavy atom. The molecule has 0 aromatic carbocycles. The first-order valence-electron chi connectivity index (χ1n) is 5.32. The monoisotopic (exact) mass is 214 g/mol. The minimum absolute atomic E-state index is 0.172. The minimum Gasteiger partial charge on any atom is -0.292 e. The Balaban J connectivity index is 4.31. The molecule has 84 valence electrons. The molecule has 0 fully saturated rings. The van der Waals surface area contributed by atoms with Crippen molar-refractivity contribution in [2.24, 2.45) is 0 Å². The second kappa shape index (κ2) is 5.68. The zero-order chi connectivity index (χ0) is 11.4. The Morgan fingerprint density at radius 1 is 1.29 bits per heavy atom. The molecule has 0 bridgehead atoms. The third kappa shape index (κ3) is 3.56. The van der Waals surface area contributed by atoms with E-state index in [4.69, 9.17) is 0 Å².